The first-order valence-corrected chi connectivity index (χ1v) is 15.5. The maximum absolute atomic E-state index is 10.3. The number of carbonyl (C=O) groups is 1. The van der Waals surface area contributed by atoms with Gasteiger partial charge in [-0.05, 0) is 63.0 Å². The van der Waals surface area contributed by atoms with Crippen LogP contribution in [-0.4, -0.2) is 46.2 Å². The highest BCUT2D eigenvalue weighted by Crippen LogP contribution is 2.49. The third-order valence-corrected chi connectivity index (χ3v) is 7.03. The lowest BCUT2D eigenvalue weighted by atomic mass is 10.1. The average molecular weight is 497 g/mol. The number of allylic oxidation sites excluding steroid dienone is 2. The number of carboxylic acid groups (broad SMARTS) is 1. The van der Waals surface area contributed by atoms with Gasteiger partial charge in [-0.1, -0.05) is 70.4 Å². The predicted molar refractivity (Wildman–Crippen MR) is 138 cm³/mol. The second kappa shape index (κ2) is 26.9. The molecule has 0 aliphatic heterocycles. The van der Waals surface area contributed by atoms with E-state index in [-0.39, 0.29) is 0 Å². The van der Waals surface area contributed by atoms with Crippen LogP contribution in [0, 0.1) is 0 Å². The maximum Gasteiger partial charge on any atom is 0.384 e. The molecule has 0 rings (SSSR count). The van der Waals surface area contributed by atoms with Gasteiger partial charge in [-0.2, -0.15) is 0 Å². The van der Waals surface area contributed by atoms with Crippen LogP contribution in [0.5, 0.6) is 0 Å². The molecule has 0 saturated heterocycles. The summed E-state index contributed by atoms with van der Waals surface area (Å²) < 4.78 is 10.3. The van der Waals surface area contributed by atoms with Gasteiger partial charge in [0.1, 0.15) is 0 Å². The maximum atomic E-state index is 10.3. The average Bonchev–Trinajstić information content (AvgIpc) is 2.73. The minimum atomic E-state index is -3.87. The predicted octanol–water partition coefficient (Wildman–Crippen LogP) is 5.86. The Kier molecular flexibility index (Phi) is 28.4. The number of aliphatic carboxylic acids is 1. The molecule has 0 spiro atoms. The fourth-order valence-electron chi connectivity index (χ4n) is 2.94. The van der Waals surface area contributed by atoms with E-state index in [9.17, 15) is 9.36 Å². The van der Waals surface area contributed by atoms with Crippen LogP contribution < -0.4 is 11.1 Å². The van der Waals surface area contributed by atoms with Gasteiger partial charge in [0.2, 0.25) is 0 Å². The van der Waals surface area contributed by atoms with E-state index in [0.29, 0.717) is 36.6 Å². The summed E-state index contributed by atoms with van der Waals surface area (Å²) in [5, 5.41) is 11.5. The Morgan fingerprint density at radius 3 is 1.91 bits per heavy atom. The Balaban J connectivity index is 0. The molecule has 0 atom stereocenters. The van der Waals surface area contributed by atoms with E-state index in [1.165, 1.54) is 70.6 Å². The van der Waals surface area contributed by atoms with Crippen molar-refractivity contribution < 1.29 is 24.3 Å². The zero-order chi connectivity index (χ0) is 24.3. The highest BCUT2D eigenvalue weighted by Gasteiger charge is 2.11. The molecule has 0 aromatic carbocycles. The van der Waals surface area contributed by atoms with Crippen LogP contribution in [-0.2, 0) is 9.36 Å². The first-order chi connectivity index (χ1) is 15.3. The summed E-state index contributed by atoms with van der Waals surface area (Å²) >= 11 is 0.665. The molecule has 0 aliphatic carbocycles. The van der Waals surface area contributed by atoms with E-state index in [2.05, 4.69) is 24.4 Å². The lowest BCUT2D eigenvalue weighted by molar-refractivity contribution is -0.137. The summed E-state index contributed by atoms with van der Waals surface area (Å²) in [7, 11) is 0. The van der Waals surface area contributed by atoms with Crippen molar-refractivity contribution in [3.8, 4) is 0 Å². The summed E-state index contributed by atoms with van der Waals surface area (Å²) in [6.07, 6.45) is 22.1. The summed E-state index contributed by atoms with van der Waals surface area (Å²) in [6, 6.07) is 0. The van der Waals surface area contributed by atoms with Gasteiger partial charge in [-0.3, -0.25) is 4.79 Å². The molecule has 9 heteroatoms. The fourth-order valence-corrected chi connectivity index (χ4v) is 4.40. The molecular formula is C23H49N2O5PS. The zero-order valence-corrected chi connectivity index (χ0v) is 21.9. The Labute approximate surface area is 200 Å². The third kappa shape index (κ3) is 37.0. The molecule has 0 aliphatic rings. The second-order valence-electron chi connectivity index (χ2n) is 7.94. The van der Waals surface area contributed by atoms with Crippen molar-refractivity contribution >= 4 is 24.1 Å². The topological polar surface area (TPSA) is 133 Å². The fraction of sp³-hybridized carbons (Fsp3) is 0.870. The molecule has 0 bridgehead atoms. The van der Waals surface area contributed by atoms with Crippen LogP contribution in [0.15, 0.2) is 12.2 Å². The number of rotatable bonds is 22. The smallest absolute Gasteiger partial charge is 0.384 e. The highest BCUT2D eigenvalue weighted by molar-refractivity contribution is 8.54. The van der Waals surface area contributed by atoms with Gasteiger partial charge in [0, 0.05) is 18.7 Å². The van der Waals surface area contributed by atoms with Crippen LogP contribution in [0.3, 0.4) is 0 Å². The number of carboxylic acids is 1. The van der Waals surface area contributed by atoms with E-state index in [0.717, 1.165) is 25.8 Å². The van der Waals surface area contributed by atoms with Gasteiger partial charge in [0.15, 0.2) is 0 Å². The lowest BCUT2D eigenvalue weighted by Crippen LogP contribution is -2.20. The number of nitrogens with one attached hydrogen (secondary N) is 1. The summed E-state index contributed by atoms with van der Waals surface area (Å²) in [5.41, 5.74) is 5.24. The number of unbranched alkanes of at least 4 members (excludes halogenated alkanes) is 11. The van der Waals surface area contributed by atoms with Crippen LogP contribution in [0.25, 0.3) is 0 Å². The van der Waals surface area contributed by atoms with Gasteiger partial charge in [0.25, 0.3) is 0 Å². The van der Waals surface area contributed by atoms with E-state index in [1.54, 1.807) is 0 Å². The molecule has 0 fully saturated rings. The number of nitrogens with two attached hydrogens (primary N) is 1. The standard InChI is InChI=1S/C18H34O2.C5H15N2O3PS/c1-2-3-4-5-6-7-8-9-10-11-12-13-14-15-16-17-18(19)20;6-2-1-3-7-4-5-12-11(8,9)10/h9-10H,2-8,11-17H2,1H3,(H,19,20);7H,1-6H2,(H2,8,9,10)/b10-9-;. The Hall–Kier alpha value is -0.370. The molecule has 0 aromatic heterocycles. The normalized spacial score (nSPS) is 11.5. The summed E-state index contributed by atoms with van der Waals surface area (Å²) in [6.45, 7) is 0.438. The molecule has 0 aromatic rings. The number of hydrogen-bond acceptors (Lipinski definition) is 5. The summed E-state index contributed by atoms with van der Waals surface area (Å²) in [5.74, 6) is -0.239. The van der Waals surface area contributed by atoms with Gasteiger partial charge < -0.3 is 25.9 Å². The monoisotopic (exact) mass is 496 g/mol. The van der Waals surface area contributed by atoms with Crippen molar-refractivity contribution in [1.29, 1.82) is 0 Å². The van der Waals surface area contributed by atoms with E-state index >= 15 is 0 Å². The Morgan fingerprint density at radius 1 is 0.875 bits per heavy atom. The molecule has 0 saturated carbocycles. The zero-order valence-electron chi connectivity index (χ0n) is 20.2. The van der Waals surface area contributed by atoms with Crippen LogP contribution in [0.1, 0.15) is 103 Å². The first-order valence-electron chi connectivity index (χ1n) is 12.3. The Morgan fingerprint density at radius 2 is 1.41 bits per heavy atom. The van der Waals surface area contributed by atoms with Gasteiger partial charge in [-0.15, -0.1) is 0 Å². The molecule has 0 heterocycles. The van der Waals surface area contributed by atoms with Gasteiger partial charge in [-0.25, -0.2) is 4.57 Å². The van der Waals surface area contributed by atoms with Gasteiger partial charge >= 0.3 is 12.8 Å². The molecule has 0 radical (unpaired) electrons. The molecule has 0 unspecified atom stereocenters. The number of hydrogen-bond donors (Lipinski definition) is 5. The van der Waals surface area contributed by atoms with Crippen molar-refractivity contribution in [3.05, 3.63) is 12.2 Å². The van der Waals surface area contributed by atoms with Crippen molar-refractivity contribution in [1.82, 2.24) is 5.32 Å². The molecule has 0 amide bonds. The minimum Gasteiger partial charge on any atom is -0.481 e. The van der Waals surface area contributed by atoms with Gasteiger partial charge in [0.05, 0.1) is 0 Å². The van der Waals surface area contributed by atoms with Crippen molar-refractivity contribution in [2.24, 2.45) is 5.73 Å². The molecule has 192 valence electrons. The SMILES string of the molecule is CCCCCCCC/C=C\CCCCCCCC(=O)O.NCCCNCCSP(=O)(O)O. The molecular weight excluding hydrogens is 447 g/mol. The van der Waals surface area contributed by atoms with E-state index in [1.807, 2.05) is 0 Å². The van der Waals surface area contributed by atoms with Crippen molar-refractivity contribution in [2.45, 2.75) is 103 Å². The highest BCUT2D eigenvalue weighted by atomic mass is 32.7. The van der Waals surface area contributed by atoms with Crippen molar-refractivity contribution in [3.63, 3.8) is 0 Å². The van der Waals surface area contributed by atoms with Crippen LogP contribution in [0.2, 0.25) is 0 Å². The largest absolute Gasteiger partial charge is 0.481 e. The van der Waals surface area contributed by atoms with Crippen molar-refractivity contribution in [2.75, 3.05) is 25.4 Å². The second-order valence-corrected chi connectivity index (χ2v) is 11.8. The van der Waals surface area contributed by atoms with Crippen LogP contribution >= 0.6 is 18.2 Å². The quantitative estimate of drug-likeness (QED) is 0.0715. The summed E-state index contributed by atoms with van der Waals surface area (Å²) in [4.78, 5) is 27.2. The lowest BCUT2D eigenvalue weighted by Gasteiger charge is -2.04. The molecule has 32 heavy (non-hydrogen) atoms. The Bertz CT molecular complexity index is 475. The molecule has 6 N–H and O–H groups in total. The van der Waals surface area contributed by atoms with E-state index < -0.39 is 12.8 Å². The minimum absolute atomic E-state index is 0.332. The molecule has 7 nitrogen and oxygen atoms in total. The van der Waals surface area contributed by atoms with E-state index in [4.69, 9.17) is 20.6 Å². The third-order valence-electron chi connectivity index (χ3n) is 4.75. The van der Waals surface area contributed by atoms with Crippen LogP contribution in [0.4, 0.5) is 0 Å². The first kappa shape index (κ1) is 33.8.